The van der Waals surface area contributed by atoms with Crippen LogP contribution in [0.15, 0.2) is 12.3 Å². The van der Waals surface area contributed by atoms with Crippen LogP contribution in [0.2, 0.25) is 0 Å². The molecule has 0 radical (unpaired) electrons. The van der Waals surface area contributed by atoms with Gasteiger partial charge in [-0.05, 0) is 25.8 Å². The molecular weight excluding hydrogens is 194 g/mol. The van der Waals surface area contributed by atoms with Gasteiger partial charge >= 0.3 is 5.97 Å². The molecule has 1 N–H and O–H groups in total. The van der Waals surface area contributed by atoms with Crippen molar-refractivity contribution in [1.82, 2.24) is 9.97 Å². The van der Waals surface area contributed by atoms with Gasteiger partial charge in [0.15, 0.2) is 0 Å². The van der Waals surface area contributed by atoms with E-state index in [-0.39, 0.29) is 0 Å². The minimum Gasteiger partial charge on any atom is -0.480 e. The van der Waals surface area contributed by atoms with E-state index in [9.17, 15) is 4.79 Å². The van der Waals surface area contributed by atoms with Gasteiger partial charge < -0.3 is 10.0 Å². The van der Waals surface area contributed by atoms with Gasteiger partial charge in [0.05, 0.1) is 0 Å². The minimum atomic E-state index is -0.794. The van der Waals surface area contributed by atoms with E-state index >= 15 is 0 Å². The third-order valence-electron chi connectivity index (χ3n) is 2.58. The summed E-state index contributed by atoms with van der Waals surface area (Å²) >= 11 is 0. The third-order valence-corrected chi connectivity index (χ3v) is 2.58. The maximum atomic E-state index is 11.0. The second-order valence-electron chi connectivity index (χ2n) is 3.69. The molecule has 0 bridgehead atoms. The molecule has 1 atom stereocenters. The van der Waals surface area contributed by atoms with E-state index in [2.05, 4.69) is 9.97 Å². The van der Waals surface area contributed by atoms with Crippen molar-refractivity contribution in [3.05, 3.63) is 18.0 Å². The van der Waals surface area contributed by atoms with Crippen LogP contribution in [0.1, 0.15) is 18.5 Å². The molecule has 1 aromatic rings. The molecule has 2 rings (SSSR count). The first-order valence-electron chi connectivity index (χ1n) is 4.97. The summed E-state index contributed by atoms with van der Waals surface area (Å²) in [5.74, 6) is -0.266. The molecule has 0 saturated carbocycles. The fraction of sp³-hybridized carbons (Fsp3) is 0.500. The second-order valence-corrected chi connectivity index (χ2v) is 3.69. The number of aryl methyl sites for hydroxylation is 1. The number of aliphatic carboxylic acids is 1. The van der Waals surface area contributed by atoms with Crippen LogP contribution in [0.5, 0.6) is 0 Å². The first-order valence-corrected chi connectivity index (χ1v) is 4.97. The molecule has 1 aliphatic rings. The number of hydrogen-bond donors (Lipinski definition) is 1. The standard InChI is InChI=1S/C10H13N3O2/c1-7-4-5-11-10(12-7)13-6-2-3-8(13)9(14)15/h4-5,8H,2-3,6H2,1H3,(H,14,15)/t8-/m0/s1. The summed E-state index contributed by atoms with van der Waals surface area (Å²) in [6.45, 7) is 2.59. The van der Waals surface area contributed by atoms with Gasteiger partial charge in [-0.25, -0.2) is 14.8 Å². The molecular formula is C10H13N3O2. The van der Waals surface area contributed by atoms with Gasteiger partial charge in [-0.15, -0.1) is 0 Å². The predicted molar refractivity (Wildman–Crippen MR) is 54.8 cm³/mol. The molecule has 1 fully saturated rings. The van der Waals surface area contributed by atoms with E-state index < -0.39 is 12.0 Å². The Labute approximate surface area is 87.8 Å². The Morgan fingerprint density at radius 2 is 2.47 bits per heavy atom. The zero-order chi connectivity index (χ0) is 10.8. The number of carboxylic acids is 1. The first kappa shape index (κ1) is 9.89. The van der Waals surface area contributed by atoms with Crippen molar-refractivity contribution in [2.24, 2.45) is 0 Å². The van der Waals surface area contributed by atoms with E-state index in [0.29, 0.717) is 12.4 Å². The molecule has 1 saturated heterocycles. The SMILES string of the molecule is Cc1ccnc(N2CCC[C@H]2C(=O)O)n1. The molecule has 0 aliphatic carbocycles. The minimum absolute atomic E-state index is 0.466. The summed E-state index contributed by atoms with van der Waals surface area (Å²) in [7, 11) is 0. The summed E-state index contributed by atoms with van der Waals surface area (Å²) < 4.78 is 0. The van der Waals surface area contributed by atoms with Crippen molar-refractivity contribution >= 4 is 11.9 Å². The molecule has 1 aliphatic heterocycles. The smallest absolute Gasteiger partial charge is 0.326 e. The highest BCUT2D eigenvalue weighted by Gasteiger charge is 2.32. The van der Waals surface area contributed by atoms with Gasteiger partial charge in [-0.3, -0.25) is 0 Å². The lowest BCUT2D eigenvalue weighted by atomic mass is 10.2. The van der Waals surface area contributed by atoms with Crippen LogP contribution in [-0.2, 0) is 4.79 Å². The maximum Gasteiger partial charge on any atom is 0.326 e. The predicted octanol–water partition coefficient (Wildman–Crippen LogP) is 0.838. The molecule has 0 aromatic carbocycles. The van der Waals surface area contributed by atoms with Crippen molar-refractivity contribution in [2.45, 2.75) is 25.8 Å². The average Bonchev–Trinajstić information content (AvgIpc) is 2.65. The van der Waals surface area contributed by atoms with Crippen molar-refractivity contribution in [2.75, 3.05) is 11.4 Å². The van der Waals surface area contributed by atoms with Crippen LogP contribution >= 0.6 is 0 Å². The van der Waals surface area contributed by atoms with Crippen LogP contribution in [0.4, 0.5) is 5.95 Å². The van der Waals surface area contributed by atoms with Crippen LogP contribution in [0.3, 0.4) is 0 Å². The Morgan fingerprint density at radius 1 is 1.67 bits per heavy atom. The number of hydrogen-bond acceptors (Lipinski definition) is 4. The highest BCUT2D eigenvalue weighted by atomic mass is 16.4. The Hall–Kier alpha value is -1.65. The normalized spacial score (nSPS) is 20.6. The zero-order valence-corrected chi connectivity index (χ0v) is 8.55. The fourth-order valence-electron chi connectivity index (χ4n) is 1.84. The lowest BCUT2D eigenvalue weighted by Crippen LogP contribution is -2.37. The number of rotatable bonds is 2. The maximum absolute atomic E-state index is 11.0. The monoisotopic (exact) mass is 207 g/mol. The highest BCUT2D eigenvalue weighted by Crippen LogP contribution is 2.22. The molecule has 2 heterocycles. The van der Waals surface area contributed by atoms with Crippen molar-refractivity contribution in [1.29, 1.82) is 0 Å². The van der Waals surface area contributed by atoms with E-state index in [0.717, 1.165) is 18.7 Å². The van der Waals surface area contributed by atoms with Crippen LogP contribution < -0.4 is 4.90 Å². The fourth-order valence-corrected chi connectivity index (χ4v) is 1.84. The third kappa shape index (κ3) is 1.91. The number of carboxylic acid groups (broad SMARTS) is 1. The quantitative estimate of drug-likeness (QED) is 0.778. The Balaban J connectivity index is 2.26. The first-order chi connectivity index (χ1) is 7.18. The van der Waals surface area contributed by atoms with Gasteiger partial charge in [-0.1, -0.05) is 0 Å². The highest BCUT2D eigenvalue weighted by molar-refractivity contribution is 5.77. The summed E-state index contributed by atoms with van der Waals surface area (Å²) in [6, 6.07) is 1.34. The lowest BCUT2D eigenvalue weighted by molar-refractivity contribution is -0.138. The lowest BCUT2D eigenvalue weighted by Gasteiger charge is -2.21. The molecule has 15 heavy (non-hydrogen) atoms. The summed E-state index contributed by atoms with van der Waals surface area (Å²) in [5.41, 5.74) is 0.857. The molecule has 0 amide bonds. The molecule has 1 aromatic heterocycles. The zero-order valence-electron chi connectivity index (χ0n) is 8.55. The largest absolute Gasteiger partial charge is 0.480 e. The molecule has 0 spiro atoms. The molecule has 0 unspecified atom stereocenters. The van der Waals surface area contributed by atoms with Crippen LogP contribution in [-0.4, -0.2) is 33.6 Å². The van der Waals surface area contributed by atoms with Crippen molar-refractivity contribution in [3.63, 3.8) is 0 Å². The van der Waals surface area contributed by atoms with E-state index in [1.807, 2.05) is 6.92 Å². The van der Waals surface area contributed by atoms with Crippen LogP contribution in [0.25, 0.3) is 0 Å². The number of anilines is 1. The molecule has 5 heteroatoms. The van der Waals surface area contributed by atoms with Gasteiger partial charge in [-0.2, -0.15) is 0 Å². The summed E-state index contributed by atoms with van der Waals surface area (Å²) in [5, 5.41) is 9.02. The Morgan fingerprint density at radius 3 is 3.13 bits per heavy atom. The van der Waals surface area contributed by atoms with Crippen molar-refractivity contribution < 1.29 is 9.90 Å². The van der Waals surface area contributed by atoms with E-state index in [1.54, 1.807) is 17.2 Å². The van der Waals surface area contributed by atoms with Gasteiger partial charge in [0.1, 0.15) is 6.04 Å². The van der Waals surface area contributed by atoms with Crippen molar-refractivity contribution in [3.8, 4) is 0 Å². The van der Waals surface area contributed by atoms with Gasteiger partial charge in [0, 0.05) is 18.4 Å². The van der Waals surface area contributed by atoms with E-state index in [1.165, 1.54) is 0 Å². The Bertz CT molecular complexity index is 381. The average molecular weight is 207 g/mol. The molecule has 5 nitrogen and oxygen atoms in total. The number of nitrogens with zero attached hydrogens (tertiary/aromatic N) is 3. The van der Waals surface area contributed by atoms with Gasteiger partial charge in [0.25, 0.3) is 0 Å². The van der Waals surface area contributed by atoms with Crippen LogP contribution in [0, 0.1) is 6.92 Å². The topological polar surface area (TPSA) is 66.3 Å². The van der Waals surface area contributed by atoms with Gasteiger partial charge in [0.2, 0.25) is 5.95 Å². The van der Waals surface area contributed by atoms with E-state index in [4.69, 9.17) is 5.11 Å². The number of carbonyl (C=O) groups is 1. The number of aromatic nitrogens is 2. The molecule has 80 valence electrons. The Kier molecular flexibility index (Phi) is 2.53. The summed E-state index contributed by atoms with van der Waals surface area (Å²) in [4.78, 5) is 21.1. The summed E-state index contributed by atoms with van der Waals surface area (Å²) in [6.07, 6.45) is 3.22. The second kappa shape index (κ2) is 3.84.